The van der Waals surface area contributed by atoms with Crippen LogP contribution in [0.25, 0.3) is 17.4 Å². The van der Waals surface area contributed by atoms with Gasteiger partial charge in [-0.1, -0.05) is 28.1 Å². The van der Waals surface area contributed by atoms with E-state index in [1.54, 1.807) is 48.5 Å². The zero-order valence-electron chi connectivity index (χ0n) is 14.8. The molecule has 0 spiro atoms. The Morgan fingerprint density at radius 1 is 1.07 bits per heavy atom. The molecule has 0 saturated carbocycles. The van der Waals surface area contributed by atoms with Crippen LogP contribution < -0.4 is 10.4 Å². The molecule has 3 aromatic rings. The number of hydrogen-bond donors (Lipinski definition) is 2. The Hall–Kier alpha value is -3.65. The van der Waals surface area contributed by atoms with Crippen molar-refractivity contribution in [2.24, 2.45) is 0 Å². The summed E-state index contributed by atoms with van der Waals surface area (Å²) >= 11 is 3.32. The van der Waals surface area contributed by atoms with Crippen LogP contribution in [0.2, 0.25) is 0 Å². The number of furan rings is 1. The summed E-state index contributed by atoms with van der Waals surface area (Å²) in [6, 6.07) is 16.5. The lowest BCUT2D eigenvalue weighted by molar-refractivity contribution is -0.117. The molecule has 7 nitrogen and oxygen atoms in total. The lowest BCUT2D eigenvalue weighted by Gasteiger charge is -2.14. The Bertz CT molecular complexity index is 1160. The van der Waals surface area contributed by atoms with Crippen LogP contribution in [0, 0.1) is 0 Å². The molecule has 0 unspecified atom stereocenters. The van der Waals surface area contributed by atoms with E-state index in [4.69, 9.17) is 9.52 Å². The average Bonchev–Trinajstić information content (AvgIpc) is 3.29. The third-order valence-corrected chi connectivity index (χ3v) is 4.81. The summed E-state index contributed by atoms with van der Waals surface area (Å²) in [5.41, 5.74) is 3.70. The van der Waals surface area contributed by atoms with Gasteiger partial charge >= 0.3 is 5.97 Å². The van der Waals surface area contributed by atoms with Crippen molar-refractivity contribution in [3.05, 3.63) is 82.0 Å². The van der Waals surface area contributed by atoms with Gasteiger partial charge in [-0.2, -0.15) is 0 Å². The van der Waals surface area contributed by atoms with Crippen molar-refractivity contribution in [3.8, 4) is 11.3 Å². The molecule has 2 aromatic carbocycles. The standard InChI is InChI=1S/C21H13BrN2O5/c22-14-4-6-15(7-5-14)24-20(26)17(19(25)23-24)11-16-8-9-18(29-16)12-2-1-3-13(10-12)21(27)28/h1-11H,(H,23,25)(H,27,28)/b17-11-. The van der Waals surface area contributed by atoms with Gasteiger partial charge in [0.15, 0.2) is 0 Å². The number of hydrogen-bond acceptors (Lipinski definition) is 4. The van der Waals surface area contributed by atoms with Gasteiger partial charge in [0.1, 0.15) is 17.1 Å². The molecule has 2 N–H and O–H groups in total. The Morgan fingerprint density at radius 2 is 1.83 bits per heavy atom. The van der Waals surface area contributed by atoms with E-state index < -0.39 is 17.8 Å². The van der Waals surface area contributed by atoms with Crippen LogP contribution >= 0.6 is 15.9 Å². The largest absolute Gasteiger partial charge is 0.478 e. The average molecular weight is 453 g/mol. The van der Waals surface area contributed by atoms with E-state index in [1.165, 1.54) is 23.2 Å². The van der Waals surface area contributed by atoms with Gasteiger partial charge in [0.2, 0.25) is 0 Å². The summed E-state index contributed by atoms with van der Waals surface area (Å²) in [6.45, 7) is 0. The highest BCUT2D eigenvalue weighted by atomic mass is 79.9. The predicted molar refractivity (Wildman–Crippen MR) is 109 cm³/mol. The first-order valence-corrected chi connectivity index (χ1v) is 9.28. The number of aromatic carboxylic acids is 1. The summed E-state index contributed by atoms with van der Waals surface area (Å²) in [4.78, 5) is 36.1. The summed E-state index contributed by atoms with van der Waals surface area (Å²) < 4.78 is 6.55. The second kappa shape index (κ2) is 7.40. The van der Waals surface area contributed by atoms with Crippen LogP contribution in [0.4, 0.5) is 5.69 Å². The highest BCUT2D eigenvalue weighted by molar-refractivity contribution is 9.10. The van der Waals surface area contributed by atoms with E-state index in [1.807, 2.05) is 0 Å². The van der Waals surface area contributed by atoms with Crippen molar-refractivity contribution in [3.63, 3.8) is 0 Å². The van der Waals surface area contributed by atoms with Gasteiger partial charge in [-0.05, 0) is 54.6 Å². The lowest BCUT2D eigenvalue weighted by Crippen LogP contribution is -2.35. The van der Waals surface area contributed by atoms with E-state index in [2.05, 4.69) is 21.4 Å². The van der Waals surface area contributed by atoms with Crippen LogP contribution in [0.15, 0.2) is 75.1 Å². The minimum absolute atomic E-state index is 0.0619. The summed E-state index contributed by atoms with van der Waals surface area (Å²) in [5.74, 6) is -1.35. The number of benzene rings is 2. The molecular formula is C21H13BrN2O5. The maximum absolute atomic E-state index is 12.7. The number of carboxylic acid groups (broad SMARTS) is 1. The highest BCUT2D eigenvalue weighted by Crippen LogP contribution is 2.27. The molecule has 0 aliphatic carbocycles. The second-order valence-corrected chi connectivity index (χ2v) is 7.12. The number of halogens is 1. The van der Waals surface area contributed by atoms with Gasteiger partial charge in [-0.15, -0.1) is 0 Å². The van der Waals surface area contributed by atoms with Crippen LogP contribution in [0.5, 0.6) is 0 Å². The molecule has 1 aliphatic rings. The van der Waals surface area contributed by atoms with E-state index in [0.717, 1.165) is 4.47 Å². The SMILES string of the molecule is O=C1NN(c2ccc(Br)cc2)C(=O)/C1=C\c1ccc(-c2cccc(C(=O)O)c2)o1. The lowest BCUT2D eigenvalue weighted by atomic mass is 10.1. The monoisotopic (exact) mass is 452 g/mol. The van der Waals surface area contributed by atoms with Crippen LogP contribution in [0.1, 0.15) is 16.1 Å². The van der Waals surface area contributed by atoms with Crippen molar-refractivity contribution in [1.29, 1.82) is 0 Å². The van der Waals surface area contributed by atoms with Crippen LogP contribution in [-0.4, -0.2) is 22.9 Å². The summed E-state index contributed by atoms with van der Waals surface area (Å²) in [6.07, 6.45) is 1.36. The van der Waals surface area contributed by atoms with Crippen molar-refractivity contribution in [2.75, 3.05) is 5.01 Å². The maximum atomic E-state index is 12.7. The fourth-order valence-corrected chi connectivity index (χ4v) is 3.13. The molecule has 0 bridgehead atoms. The minimum atomic E-state index is -1.04. The first-order valence-electron chi connectivity index (χ1n) is 8.48. The number of nitrogens with one attached hydrogen (secondary N) is 1. The number of carboxylic acids is 1. The van der Waals surface area contributed by atoms with E-state index in [9.17, 15) is 14.4 Å². The predicted octanol–water partition coefficient (Wildman–Crippen LogP) is 3.87. The third-order valence-electron chi connectivity index (χ3n) is 4.28. The molecule has 1 aliphatic heterocycles. The van der Waals surface area contributed by atoms with E-state index >= 15 is 0 Å². The van der Waals surface area contributed by atoms with Crippen LogP contribution in [-0.2, 0) is 9.59 Å². The maximum Gasteiger partial charge on any atom is 0.335 e. The fraction of sp³-hybridized carbons (Fsp3) is 0. The zero-order chi connectivity index (χ0) is 20.5. The van der Waals surface area contributed by atoms with Gasteiger partial charge < -0.3 is 9.52 Å². The number of carbonyl (C=O) groups excluding carboxylic acids is 2. The Morgan fingerprint density at radius 3 is 2.55 bits per heavy atom. The molecular weight excluding hydrogens is 440 g/mol. The molecule has 2 amide bonds. The van der Waals surface area contributed by atoms with Crippen molar-refractivity contribution in [1.82, 2.24) is 5.43 Å². The smallest absolute Gasteiger partial charge is 0.335 e. The first kappa shape index (κ1) is 18.7. The quantitative estimate of drug-likeness (QED) is 0.462. The molecule has 8 heteroatoms. The second-order valence-electron chi connectivity index (χ2n) is 6.20. The topological polar surface area (TPSA) is 99.9 Å². The summed E-state index contributed by atoms with van der Waals surface area (Å²) in [5, 5.41) is 10.3. The third kappa shape index (κ3) is 3.70. The molecule has 0 radical (unpaired) electrons. The van der Waals surface area contributed by atoms with E-state index in [-0.39, 0.29) is 11.1 Å². The Balaban J connectivity index is 1.61. The Kier molecular flexibility index (Phi) is 4.77. The van der Waals surface area contributed by atoms with Gasteiger partial charge in [0.25, 0.3) is 11.8 Å². The number of amides is 2. The number of hydrazine groups is 1. The molecule has 144 valence electrons. The van der Waals surface area contributed by atoms with Gasteiger partial charge in [-0.3, -0.25) is 15.0 Å². The minimum Gasteiger partial charge on any atom is -0.478 e. The van der Waals surface area contributed by atoms with Gasteiger partial charge in [0, 0.05) is 10.0 Å². The molecule has 1 fully saturated rings. The van der Waals surface area contributed by atoms with Crippen molar-refractivity contribution >= 4 is 45.5 Å². The first-order chi connectivity index (χ1) is 13.9. The van der Waals surface area contributed by atoms with Gasteiger partial charge in [0.05, 0.1) is 11.3 Å². The summed E-state index contributed by atoms with van der Waals surface area (Å²) in [7, 11) is 0. The number of rotatable bonds is 4. The number of anilines is 1. The number of carbonyl (C=O) groups is 3. The fourth-order valence-electron chi connectivity index (χ4n) is 2.86. The van der Waals surface area contributed by atoms with Crippen LogP contribution in [0.3, 0.4) is 0 Å². The molecule has 1 aromatic heterocycles. The Labute approximate surface area is 173 Å². The number of nitrogens with zero attached hydrogens (tertiary/aromatic N) is 1. The molecule has 29 heavy (non-hydrogen) atoms. The molecule has 1 saturated heterocycles. The van der Waals surface area contributed by atoms with Gasteiger partial charge in [-0.25, -0.2) is 9.80 Å². The zero-order valence-corrected chi connectivity index (χ0v) is 16.3. The normalized spacial score (nSPS) is 15.1. The van der Waals surface area contributed by atoms with Crippen molar-refractivity contribution in [2.45, 2.75) is 0 Å². The van der Waals surface area contributed by atoms with Crippen molar-refractivity contribution < 1.29 is 23.9 Å². The molecule has 2 heterocycles. The van der Waals surface area contributed by atoms with E-state index in [0.29, 0.717) is 22.8 Å². The molecule has 4 rings (SSSR count). The highest BCUT2D eigenvalue weighted by Gasteiger charge is 2.34. The molecule has 0 atom stereocenters.